The normalized spacial score (nSPS) is 16.5. The molecule has 0 unspecified atom stereocenters. The molecule has 0 spiro atoms. The van der Waals surface area contributed by atoms with E-state index in [1.165, 1.54) is 13.8 Å². The maximum absolute atomic E-state index is 12.1. The van der Waals surface area contributed by atoms with Crippen LogP contribution in [0.1, 0.15) is 34.5 Å². The smallest absolute Gasteiger partial charge is 0.326 e. The summed E-state index contributed by atoms with van der Waals surface area (Å²) in [4.78, 5) is 45.8. The molecule has 2 amide bonds. The zero-order chi connectivity index (χ0) is 19.8. The van der Waals surface area contributed by atoms with Crippen LogP contribution >= 0.6 is 12.6 Å². The predicted octanol–water partition coefficient (Wildman–Crippen LogP) is -0.791. The van der Waals surface area contributed by atoms with Gasteiger partial charge in [-0.3, -0.25) is 14.4 Å². The predicted molar refractivity (Wildman–Crippen MR) is 89.7 cm³/mol. The van der Waals surface area contributed by atoms with Gasteiger partial charge in [-0.05, 0) is 18.8 Å². The van der Waals surface area contributed by atoms with E-state index in [0.29, 0.717) is 0 Å². The molecule has 0 saturated heterocycles. The molecule has 3 atom stereocenters. The Hall–Kier alpha value is -1.81. The highest BCUT2D eigenvalue weighted by molar-refractivity contribution is 7.80. The van der Waals surface area contributed by atoms with E-state index in [2.05, 4.69) is 23.3 Å². The van der Waals surface area contributed by atoms with Gasteiger partial charge < -0.3 is 26.6 Å². The van der Waals surface area contributed by atoms with Crippen molar-refractivity contribution in [2.45, 2.75) is 51.2 Å². The summed E-state index contributed by atoms with van der Waals surface area (Å²) in [6, 6.07) is -4.41. The van der Waals surface area contributed by atoms with Crippen LogP contribution in [0.2, 0.25) is 0 Å². The van der Waals surface area contributed by atoms with Crippen molar-refractivity contribution >= 4 is 36.4 Å². The van der Waals surface area contributed by atoms with Crippen molar-refractivity contribution in [3.05, 3.63) is 0 Å². The fourth-order valence-corrected chi connectivity index (χ4v) is 1.99. The Balaban J connectivity index is 4.67. The molecule has 138 valence electrons. The fourth-order valence-electron chi connectivity index (χ4n) is 1.73. The molecular weight excluding hydrogens is 339 g/mol. The standard InChI is InChI=1S/C14H25N3O6S/c1-7(2)11(14(22)23)17-12(19)9(6-24)16-10(18)5-3-4-8(15)13(20)21/h7-9,11,24H,3-6,15H2,1-2H3,(H,16,18)(H,17,19)(H,20,21)(H,22,23)/t8-,9+,11-/m1/s1/i11+1D. The van der Waals surface area contributed by atoms with Gasteiger partial charge in [-0.1, -0.05) is 13.8 Å². The first-order valence-electron chi connectivity index (χ1n) is 7.89. The quantitative estimate of drug-likeness (QED) is 0.207. The van der Waals surface area contributed by atoms with Gasteiger partial charge in [0, 0.05) is 12.2 Å². The lowest BCUT2D eigenvalue weighted by atomic mass is 10.1. The van der Waals surface area contributed by atoms with Crippen molar-refractivity contribution < 1.29 is 30.8 Å². The average Bonchev–Trinajstić information content (AvgIpc) is 2.51. The van der Waals surface area contributed by atoms with Crippen LogP contribution < -0.4 is 16.4 Å². The van der Waals surface area contributed by atoms with Crippen molar-refractivity contribution in [2.75, 3.05) is 5.75 Å². The topological polar surface area (TPSA) is 159 Å². The summed E-state index contributed by atoms with van der Waals surface area (Å²) in [5, 5.41) is 22.3. The molecule has 0 aromatic carbocycles. The van der Waals surface area contributed by atoms with E-state index in [9.17, 15) is 19.2 Å². The summed E-state index contributed by atoms with van der Waals surface area (Å²) in [6.07, 6.45) is 0.264. The molecule has 0 saturated carbocycles. The minimum atomic E-state index is -2.22. The van der Waals surface area contributed by atoms with E-state index in [-0.39, 0.29) is 25.0 Å². The van der Waals surface area contributed by atoms with Crippen molar-refractivity contribution in [1.29, 1.82) is 0 Å². The van der Waals surface area contributed by atoms with E-state index in [4.69, 9.17) is 17.3 Å². The van der Waals surface area contributed by atoms with E-state index in [0.717, 1.165) is 0 Å². The largest absolute Gasteiger partial charge is 0.480 e. The molecule has 0 aromatic heterocycles. The zero-order valence-electron chi connectivity index (χ0n) is 14.6. The molecule has 0 heterocycles. The third kappa shape index (κ3) is 8.16. The van der Waals surface area contributed by atoms with E-state index >= 15 is 0 Å². The number of carboxylic acid groups (broad SMARTS) is 2. The Morgan fingerprint density at radius 1 is 1.17 bits per heavy atom. The minimum Gasteiger partial charge on any atom is -0.480 e. The van der Waals surface area contributed by atoms with Gasteiger partial charge in [0.25, 0.3) is 0 Å². The number of aliphatic carboxylic acids is 2. The number of rotatable bonds is 11. The van der Waals surface area contributed by atoms with Gasteiger partial charge in [-0.25, -0.2) is 4.79 Å². The number of amides is 2. The van der Waals surface area contributed by atoms with Gasteiger partial charge in [0.1, 0.15) is 18.1 Å². The SMILES string of the molecule is [2H][13C@](NC(=O)[C@H](CS)NC(=O)CCC[C@@H](N)C(=O)O)(C(=O)O)C(C)C. The Morgan fingerprint density at radius 2 is 1.75 bits per heavy atom. The van der Waals surface area contributed by atoms with E-state index in [1.807, 2.05) is 0 Å². The lowest BCUT2D eigenvalue weighted by Crippen LogP contribution is -2.53. The van der Waals surface area contributed by atoms with Gasteiger partial charge in [0.2, 0.25) is 11.8 Å². The monoisotopic (exact) mass is 365 g/mol. The third-order valence-corrected chi connectivity index (χ3v) is 3.50. The summed E-state index contributed by atoms with van der Waals surface area (Å²) in [5.74, 6) is -4.84. The molecule has 9 nitrogen and oxygen atoms in total. The van der Waals surface area contributed by atoms with Crippen molar-refractivity contribution in [1.82, 2.24) is 10.6 Å². The van der Waals surface area contributed by atoms with Crippen LogP contribution in [0.15, 0.2) is 0 Å². The molecule has 0 aliphatic carbocycles. The van der Waals surface area contributed by atoms with Crippen LogP contribution in [0, 0.1) is 5.92 Å². The minimum absolute atomic E-state index is 0.0479. The second-order valence-corrected chi connectivity index (χ2v) is 5.87. The number of carboxylic acids is 2. The van der Waals surface area contributed by atoms with Crippen LogP contribution in [0.3, 0.4) is 0 Å². The molecular formula is C14H25N3O6S. The maximum Gasteiger partial charge on any atom is 0.326 e. The van der Waals surface area contributed by atoms with Crippen molar-refractivity contribution in [3.8, 4) is 0 Å². The van der Waals surface area contributed by atoms with Crippen LogP contribution in [0.5, 0.6) is 0 Å². The molecule has 0 fully saturated rings. The number of hydrogen-bond acceptors (Lipinski definition) is 6. The van der Waals surface area contributed by atoms with E-state index in [1.54, 1.807) is 0 Å². The Kier molecular flexibility index (Phi) is 9.16. The molecule has 0 radical (unpaired) electrons. The van der Waals surface area contributed by atoms with Crippen LogP contribution in [-0.2, 0) is 19.2 Å². The summed E-state index contributed by atoms with van der Waals surface area (Å²) in [7, 11) is 0. The van der Waals surface area contributed by atoms with Gasteiger partial charge >= 0.3 is 11.9 Å². The highest BCUT2D eigenvalue weighted by Gasteiger charge is 2.27. The molecule has 6 N–H and O–H groups in total. The van der Waals surface area contributed by atoms with Crippen LogP contribution in [0.4, 0.5) is 0 Å². The number of nitrogens with one attached hydrogen (secondary N) is 2. The van der Waals surface area contributed by atoms with Gasteiger partial charge in [-0.2, -0.15) is 12.6 Å². The fraction of sp³-hybridized carbons (Fsp3) is 0.714. The van der Waals surface area contributed by atoms with Crippen LogP contribution in [-0.4, -0.2) is 57.8 Å². The van der Waals surface area contributed by atoms with Crippen molar-refractivity contribution in [3.63, 3.8) is 0 Å². The number of hydrogen-bond donors (Lipinski definition) is 6. The van der Waals surface area contributed by atoms with Gasteiger partial charge in [0.15, 0.2) is 0 Å². The van der Waals surface area contributed by atoms with Gasteiger partial charge in [-0.15, -0.1) is 0 Å². The highest BCUT2D eigenvalue weighted by Crippen LogP contribution is 2.04. The molecule has 0 aliphatic rings. The summed E-state index contributed by atoms with van der Waals surface area (Å²) >= 11 is 3.95. The Morgan fingerprint density at radius 3 is 2.17 bits per heavy atom. The third-order valence-electron chi connectivity index (χ3n) is 3.14. The Labute approximate surface area is 147 Å². The van der Waals surface area contributed by atoms with Gasteiger partial charge in [0.05, 0.1) is 1.37 Å². The zero-order valence-corrected chi connectivity index (χ0v) is 14.5. The Bertz CT molecular complexity index is 519. The second-order valence-electron chi connectivity index (χ2n) is 5.50. The molecule has 0 aliphatic heterocycles. The van der Waals surface area contributed by atoms with Crippen molar-refractivity contribution in [2.24, 2.45) is 11.7 Å². The first kappa shape index (κ1) is 20.2. The second kappa shape index (κ2) is 10.9. The van der Waals surface area contributed by atoms with E-state index < -0.39 is 47.8 Å². The summed E-state index contributed by atoms with van der Waals surface area (Å²) in [6.45, 7) is 2.95. The maximum atomic E-state index is 12.1. The lowest BCUT2D eigenvalue weighted by Gasteiger charge is -2.22. The number of carbonyl (C=O) groups is 4. The molecule has 0 rings (SSSR count). The highest BCUT2D eigenvalue weighted by atomic mass is 32.1. The first-order valence-corrected chi connectivity index (χ1v) is 8.03. The molecule has 0 aromatic rings. The van der Waals surface area contributed by atoms with Crippen LogP contribution in [0.25, 0.3) is 0 Å². The number of carbonyl (C=O) groups excluding carboxylic acids is 2. The number of nitrogens with two attached hydrogens (primary N) is 1. The first-order chi connectivity index (χ1) is 11.5. The summed E-state index contributed by atoms with van der Waals surface area (Å²) in [5.41, 5.74) is 5.32. The molecule has 0 bridgehead atoms. The molecule has 24 heavy (non-hydrogen) atoms. The average molecular weight is 365 g/mol. The lowest BCUT2D eigenvalue weighted by molar-refractivity contribution is -0.143. The summed E-state index contributed by atoms with van der Waals surface area (Å²) < 4.78 is 7.87. The molecule has 10 heteroatoms. The number of thiol groups is 1.